The van der Waals surface area contributed by atoms with E-state index >= 15 is 0 Å². The molecule has 0 radical (unpaired) electrons. The van der Waals surface area contributed by atoms with Gasteiger partial charge in [-0.25, -0.2) is 0 Å². The van der Waals surface area contributed by atoms with Crippen molar-refractivity contribution in [1.29, 1.82) is 0 Å². The minimum atomic E-state index is 0.0608. The Balaban J connectivity index is 1.74. The average molecular weight is 325 g/mol. The molecule has 0 saturated carbocycles. The summed E-state index contributed by atoms with van der Waals surface area (Å²) in [6, 6.07) is 26.4. The van der Waals surface area contributed by atoms with Gasteiger partial charge in [0.2, 0.25) is 0 Å². The first-order valence-electron chi connectivity index (χ1n) is 8.46. The second-order valence-corrected chi connectivity index (χ2v) is 6.36. The molecule has 0 atom stereocenters. The monoisotopic (exact) mass is 325 g/mol. The Hall–Kier alpha value is -3.13. The molecule has 0 unspecified atom stereocenters. The lowest BCUT2D eigenvalue weighted by molar-refractivity contribution is -0.113. The van der Waals surface area contributed by atoms with Crippen LogP contribution >= 0.6 is 0 Å². The van der Waals surface area contributed by atoms with Crippen LogP contribution in [-0.4, -0.2) is 5.91 Å². The molecule has 0 fully saturated rings. The van der Waals surface area contributed by atoms with E-state index in [1.165, 1.54) is 5.56 Å². The third-order valence-electron chi connectivity index (χ3n) is 4.53. The first kappa shape index (κ1) is 15.4. The molecule has 1 heterocycles. The highest BCUT2D eigenvalue weighted by molar-refractivity contribution is 6.35. The van der Waals surface area contributed by atoms with Gasteiger partial charge in [-0.2, -0.15) is 0 Å². The number of hydrogen-bond acceptors (Lipinski definition) is 1. The molecule has 0 aromatic heterocycles. The van der Waals surface area contributed by atoms with Crippen molar-refractivity contribution in [2.24, 2.45) is 0 Å². The summed E-state index contributed by atoms with van der Waals surface area (Å²) in [5, 5.41) is 0. The van der Waals surface area contributed by atoms with Gasteiger partial charge in [-0.1, -0.05) is 78.4 Å². The van der Waals surface area contributed by atoms with E-state index in [4.69, 9.17) is 0 Å². The molecule has 0 spiro atoms. The van der Waals surface area contributed by atoms with Gasteiger partial charge >= 0.3 is 0 Å². The Morgan fingerprint density at radius 1 is 0.840 bits per heavy atom. The molecule has 1 aliphatic rings. The lowest BCUT2D eigenvalue weighted by Gasteiger charge is -2.17. The highest BCUT2D eigenvalue weighted by Crippen LogP contribution is 2.38. The van der Waals surface area contributed by atoms with Crippen LogP contribution in [0.15, 0.2) is 78.9 Å². The molecule has 3 aromatic rings. The molecule has 2 nitrogen and oxygen atoms in total. The number of anilines is 1. The van der Waals surface area contributed by atoms with Gasteiger partial charge in [-0.3, -0.25) is 4.79 Å². The number of aryl methyl sites for hydroxylation is 1. The molecule has 3 aromatic carbocycles. The van der Waals surface area contributed by atoms with Crippen molar-refractivity contribution in [3.05, 3.63) is 101 Å². The van der Waals surface area contributed by atoms with Crippen LogP contribution in [0.2, 0.25) is 0 Å². The molecule has 0 bridgehead atoms. The second kappa shape index (κ2) is 6.40. The number of carbonyl (C=O) groups is 1. The van der Waals surface area contributed by atoms with Gasteiger partial charge < -0.3 is 4.90 Å². The SMILES string of the molecule is Cc1ccc(/C=C2\C(=O)N(Cc3ccccc3)c3ccccc32)cc1. The average Bonchev–Trinajstić information content (AvgIpc) is 2.90. The fourth-order valence-electron chi connectivity index (χ4n) is 3.20. The molecule has 4 rings (SSSR count). The Kier molecular flexibility index (Phi) is 3.95. The quantitative estimate of drug-likeness (QED) is 0.615. The number of benzene rings is 3. The van der Waals surface area contributed by atoms with Crippen LogP contribution in [-0.2, 0) is 11.3 Å². The molecule has 122 valence electrons. The molecule has 1 amide bonds. The molecular formula is C23H19NO. The summed E-state index contributed by atoms with van der Waals surface area (Å²) < 4.78 is 0. The number of hydrogen-bond donors (Lipinski definition) is 0. The van der Waals surface area contributed by atoms with Crippen LogP contribution in [0.25, 0.3) is 11.6 Å². The molecule has 25 heavy (non-hydrogen) atoms. The lowest BCUT2D eigenvalue weighted by atomic mass is 10.0. The predicted octanol–water partition coefficient (Wildman–Crippen LogP) is 5.08. The standard InChI is InChI=1S/C23H19NO/c1-17-11-13-18(14-12-17)15-21-20-9-5-6-10-22(20)24(23(21)25)16-19-7-3-2-4-8-19/h2-15H,16H2,1H3/b21-15-. The second-order valence-electron chi connectivity index (χ2n) is 6.36. The third kappa shape index (κ3) is 2.99. The topological polar surface area (TPSA) is 20.3 Å². The molecular weight excluding hydrogens is 306 g/mol. The van der Waals surface area contributed by atoms with Crippen LogP contribution in [0.5, 0.6) is 0 Å². The zero-order chi connectivity index (χ0) is 17.2. The minimum absolute atomic E-state index is 0.0608. The first-order chi connectivity index (χ1) is 12.2. The van der Waals surface area contributed by atoms with Gasteiger partial charge in [-0.05, 0) is 30.2 Å². The molecule has 1 aliphatic heterocycles. The summed E-state index contributed by atoms with van der Waals surface area (Å²) >= 11 is 0. The summed E-state index contributed by atoms with van der Waals surface area (Å²) in [5.41, 5.74) is 6.13. The number of nitrogens with zero attached hydrogens (tertiary/aromatic N) is 1. The van der Waals surface area contributed by atoms with Gasteiger partial charge in [0.25, 0.3) is 5.91 Å². The number of carbonyl (C=O) groups excluding carboxylic acids is 1. The Morgan fingerprint density at radius 2 is 1.52 bits per heavy atom. The first-order valence-corrected chi connectivity index (χ1v) is 8.46. The van der Waals surface area contributed by atoms with E-state index in [0.29, 0.717) is 6.54 Å². The maximum atomic E-state index is 13.1. The van der Waals surface area contributed by atoms with Gasteiger partial charge in [0.1, 0.15) is 0 Å². The highest BCUT2D eigenvalue weighted by Gasteiger charge is 2.31. The van der Waals surface area contributed by atoms with E-state index in [1.54, 1.807) is 0 Å². The minimum Gasteiger partial charge on any atom is -0.303 e. The zero-order valence-corrected chi connectivity index (χ0v) is 14.1. The van der Waals surface area contributed by atoms with Crippen LogP contribution in [0.3, 0.4) is 0 Å². The van der Waals surface area contributed by atoms with E-state index < -0.39 is 0 Å². The van der Waals surface area contributed by atoms with Crippen molar-refractivity contribution in [2.75, 3.05) is 4.90 Å². The number of rotatable bonds is 3. The molecule has 2 heteroatoms. The van der Waals surface area contributed by atoms with Crippen molar-refractivity contribution in [3.8, 4) is 0 Å². The molecule has 0 aliphatic carbocycles. The van der Waals surface area contributed by atoms with Crippen LogP contribution in [0.4, 0.5) is 5.69 Å². The smallest absolute Gasteiger partial charge is 0.259 e. The third-order valence-corrected chi connectivity index (χ3v) is 4.53. The van der Waals surface area contributed by atoms with Crippen LogP contribution in [0, 0.1) is 6.92 Å². The summed E-state index contributed by atoms with van der Waals surface area (Å²) in [6.45, 7) is 2.65. The summed E-state index contributed by atoms with van der Waals surface area (Å²) in [6.07, 6.45) is 1.99. The van der Waals surface area contributed by atoms with Gasteiger partial charge in [0.15, 0.2) is 0 Å². The Labute approximate surface area is 148 Å². The molecule has 0 saturated heterocycles. The van der Waals surface area contributed by atoms with E-state index in [9.17, 15) is 4.79 Å². The number of para-hydroxylation sites is 1. The number of fused-ring (bicyclic) bond motifs is 1. The van der Waals surface area contributed by atoms with E-state index in [-0.39, 0.29) is 5.91 Å². The predicted molar refractivity (Wildman–Crippen MR) is 103 cm³/mol. The van der Waals surface area contributed by atoms with E-state index in [0.717, 1.165) is 28.0 Å². The fourth-order valence-corrected chi connectivity index (χ4v) is 3.20. The summed E-state index contributed by atoms with van der Waals surface area (Å²) in [4.78, 5) is 15.0. The normalized spacial score (nSPS) is 14.8. The maximum absolute atomic E-state index is 13.1. The zero-order valence-electron chi connectivity index (χ0n) is 14.1. The van der Waals surface area contributed by atoms with Crippen LogP contribution in [0.1, 0.15) is 22.3 Å². The fraction of sp³-hybridized carbons (Fsp3) is 0.0870. The van der Waals surface area contributed by atoms with Gasteiger partial charge in [0, 0.05) is 11.1 Å². The van der Waals surface area contributed by atoms with Gasteiger partial charge in [-0.15, -0.1) is 0 Å². The summed E-state index contributed by atoms with van der Waals surface area (Å²) in [7, 11) is 0. The summed E-state index contributed by atoms with van der Waals surface area (Å²) in [5.74, 6) is 0.0608. The lowest BCUT2D eigenvalue weighted by Crippen LogP contribution is -2.25. The molecule has 0 N–H and O–H groups in total. The van der Waals surface area contributed by atoms with Crippen molar-refractivity contribution >= 4 is 23.2 Å². The Morgan fingerprint density at radius 3 is 2.28 bits per heavy atom. The maximum Gasteiger partial charge on any atom is 0.259 e. The van der Waals surface area contributed by atoms with E-state index in [1.807, 2.05) is 53.4 Å². The van der Waals surface area contributed by atoms with Crippen molar-refractivity contribution in [3.63, 3.8) is 0 Å². The largest absolute Gasteiger partial charge is 0.303 e. The van der Waals surface area contributed by atoms with Crippen molar-refractivity contribution in [1.82, 2.24) is 0 Å². The Bertz CT molecular complexity index is 939. The van der Waals surface area contributed by atoms with Gasteiger partial charge in [0.05, 0.1) is 12.2 Å². The highest BCUT2D eigenvalue weighted by atomic mass is 16.2. The van der Waals surface area contributed by atoms with Crippen molar-refractivity contribution in [2.45, 2.75) is 13.5 Å². The number of amides is 1. The van der Waals surface area contributed by atoms with Crippen molar-refractivity contribution < 1.29 is 4.79 Å². The van der Waals surface area contributed by atoms with E-state index in [2.05, 4.69) is 43.3 Å². The van der Waals surface area contributed by atoms with Crippen LogP contribution < -0.4 is 4.90 Å².